The van der Waals surface area contributed by atoms with Crippen LogP contribution < -0.4 is 0 Å². The van der Waals surface area contributed by atoms with E-state index < -0.39 is 0 Å². The summed E-state index contributed by atoms with van der Waals surface area (Å²) in [6.45, 7) is 2.42. The second-order valence-corrected chi connectivity index (χ2v) is 7.17. The van der Waals surface area contributed by atoms with Gasteiger partial charge in [-0.2, -0.15) is 0 Å². The van der Waals surface area contributed by atoms with Crippen LogP contribution >= 0.6 is 7.92 Å². The molecule has 0 amide bonds. The van der Waals surface area contributed by atoms with Crippen LogP contribution in [0, 0.1) is 0 Å². The monoisotopic (exact) mass is 240 g/mol. The maximum absolute atomic E-state index is 2.42. The summed E-state index contributed by atoms with van der Waals surface area (Å²) in [7, 11) is 0.103. The van der Waals surface area contributed by atoms with E-state index in [0.717, 1.165) is 6.42 Å². The highest BCUT2D eigenvalue weighted by Crippen LogP contribution is 2.45. The molecule has 0 saturated heterocycles. The van der Waals surface area contributed by atoms with E-state index in [0.29, 0.717) is 0 Å². The van der Waals surface area contributed by atoms with Crippen molar-refractivity contribution < 1.29 is 0 Å². The lowest BCUT2D eigenvalue weighted by Crippen LogP contribution is -1.91. The molecule has 0 saturated carbocycles. The molecular weight excluding hydrogens is 223 g/mol. The molecule has 3 rings (SSSR count). The molecular formula is C16H17P. The molecule has 17 heavy (non-hydrogen) atoms. The number of benzene rings is 1. The molecule has 0 nitrogen and oxygen atoms in total. The molecule has 2 aliphatic rings. The van der Waals surface area contributed by atoms with Crippen molar-refractivity contribution in [2.75, 3.05) is 12.8 Å². The zero-order valence-corrected chi connectivity index (χ0v) is 11.1. The van der Waals surface area contributed by atoms with Crippen molar-refractivity contribution in [3.8, 4) is 0 Å². The lowest BCUT2D eigenvalue weighted by atomic mass is 9.94. The summed E-state index contributed by atoms with van der Waals surface area (Å²) in [6.07, 6.45) is 12.6. The number of allylic oxidation sites excluding steroid dienone is 6. The molecule has 1 heteroatoms. The standard InChI is InChI=1S/C16H17P/c1-17-11-13-7-3-2-4-9-15(13)16-10-6-5-8-14(16)12-17/h2-8,10H,9,11-12H2,1H3. The van der Waals surface area contributed by atoms with Gasteiger partial charge < -0.3 is 0 Å². The van der Waals surface area contributed by atoms with Crippen LogP contribution in [-0.4, -0.2) is 12.8 Å². The zero-order chi connectivity index (χ0) is 11.7. The van der Waals surface area contributed by atoms with E-state index in [-0.39, 0.29) is 7.92 Å². The minimum Gasteiger partial charge on any atom is -0.101 e. The van der Waals surface area contributed by atoms with Crippen LogP contribution in [0.3, 0.4) is 0 Å². The Hall–Kier alpha value is -1.13. The van der Waals surface area contributed by atoms with E-state index in [1.165, 1.54) is 17.9 Å². The van der Waals surface area contributed by atoms with Crippen molar-refractivity contribution in [1.82, 2.24) is 0 Å². The zero-order valence-electron chi connectivity index (χ0n) is 10.2. The fourth-order valence-electron chi connectivity index (χ4n) is 2.69. The average molecular weight is 240 g/mol. The molecule has 1 aliphatic carbocycles. The molecule has 0 bridgehead atoms. The molecule has 0 N–H and O–H groups in total. The Balaban J connectivity index is 2.18. The first-order valence-electron chi connectivity index (χ1n) is 6.16. The molecule has 1 aromatic carbocycles. The Kier molecular flexibility index (Phi) is 2.99. The highest BCUT2D eigenvalue weighted by Gasteiger charge is 2.18. The van der Waals surface area contributed by atoms with Crippen molar-refractivity contribution in [2.24, 2.45) is 0 Å². The molecule has 0 fully saturated rings. The van der Waals surface area contributed by atoms with Gasteiger partial charge in [0.2, 0.25) is 0 Å². The first kappa shape index (κ1) is 11.0. The highest BCUT2D eigenvalue weighted by atomic mass is 31.1. The lowest BCUT2D eigenvalue weighted by Gasteiger charge is -2.10. The second-order valence-electron chi connectivity index (χ2n) is 4.82. The first-order chi connectivity index (χ1) is 8.34. The van der Waals surface area contributed by atoms with Gasteiger partial charge in [0.25, 0.3) is 0 Å². The predicted molar refractivity (Wildman–Crippen MR) is 77.7 cm³/mol. The number of rotatable bonds is 0. The molecule has 1 unspecified atom stereocenters. The van der Waals surface area contributed by atoms with E-state index in [2.05, 4.69) is 55.2 Å². The normalized spacial score (nSPS) is 22.8. The minimum atomic E-state index is 0.103. The van der Waals surface area contributed by atoms with Gasteiger partial charge in [0, 0.05) is 0 Å². The molecule has 1 atom stereocenters. The van der Waals surface area contributed by atoms with Crippen LogP contribution in [0.2, 0.25) is 0 Å². The van der Waals surface area contributed by atoms with Gasteiger partial charge in [-0.05, 0) is 47.7 Å². The summed E-state index contributed by atoms with van der Waals surface area (Å²) in [5.74, 6) is 0. The summed E-state index contributed by atoms with van der Waals surface area (Å²) in [5.41, 5.74) is 6.16. The Morgan fingerprint density at radius 1 is 1.06 bits per heavy atom. The Bertz CT molecular complexity index is 520. The molecule has 0 spiro atoms. The van der Waals surface area contributed by atoms with Gasteiger partial charge in [-0.15, -0.1) is 7.92 Å². The summed E-state index contributed by atoms with van der Waals surface area (Å²) in [5, 5.41) is 0. The Morgan fingerprint density at radius 2 is 1.94 bits per heavy atom. The van der Waals surface area contributed by atoms with Crippen molar-refractivity contribution in [2.45, 2.75) is 12.6 Å². The molecule has 1 aromatic rings. The van der Waals surface area contributed by atoms with Gasteiger partial charge in [-0.25, -0.2) is 0 Å². The number of hydrogen-bond acceptors (Lipinski definition) is 0. The molecule has 1 heterocycles. The maximum Gasteiger partial charge on any atom is -0.00665 e. The third-order valence-corrected chi connectivity index (χ3v) is 5.24. The summed E-state index contributed by atoms with van der Waals surface area (Å²) < 4.78 is 0. The van der Waals surface area contributed by atoms with Crippen molar-refractivity contribution >= 4 is 13.5 Å². The van der Waals surface area contributed by atoms with E-state index >= 15 is 0 Å². The van der Waals surface area contributed by atoms with E-state index in [1.807, 2.05) is 0 Å². The van der Waals surface area contributed by atoms with Crippen molar-refractivity contribution in [1.29, 1.82) is 0 Å². The van der Waals surface area contributed by atoms with Gasteiger partial charge in [-0.1, -0.05) is 48.6 Å². The third-order valence-electron chi connectivity index (χ3n) is 3.48. The maximum atomic E-state index is 2.42. The SMILES string of the molecule is CP1CC2=C(CC=CC=C2)c2ccccc2C1. The number of hydrogen-bond donors (Lipinski definition) is 0. The Morgan fingerprint density at radius 3 is 2.88 bits per heavy atom. The minimum absolute atomic E-state index is 0.103. The largest absolute Gasteiger partial charge is 0.101 e. The third kappa shape index (κ3) is 2.15. The molecule has 0 aromatic heterocycles. The lowest BCUT2D eigenvalue weighted by molar-refractivity contribution is 1.31. The fraction of sp³-hybridized carbons (Fsp3) is 0.250. The average Bonchev–Trinajstić information content (AvgIpc) is 2.61. The van der Waals surface area contributed by atoms with Gasteiger partial charge in [0.05, 0.1) is 0 Å². The van der Waals surface area contributed by atoms with E-state index in [4.69, 9.17) is 0 Å². The smallest absolute Gasteiger partial charge is 0.00665 e. The second kappa shape index (κ2) is 4.63. The molecule has 86 valence electrons. The van der Waals surface area contributed by atoms with Gasteiger partial charge in [0.15, 0.2) is 0 Å². The predicted octanol–water partition coefficient (Wildman–Crippen LogP) is 4.58. The van der Waals surface area contributed by atoms with Crippen LogP contribution in [0.5, 0.6) is 0 Å². The van der Waals surface area contributed by atoms with Gasteiger partial charge in [-0.3, -0.25) is 0 Å². The Labute approximate surface area is 105 Å². The summed E-state index contributed by atoms with van der Waals surface area (Å²) in [4.78, 5) is 0. The van der Waals surface area contributed by atoms with Crippen molar-refractivity contribution in [3.05, 3.63) is 65.3 Å². The molecule has 1 aliphatic heterocycles. The first-order valence-corrected chi connectivity index (χ1v) is 8.32. The highest BCUT2D eigenvalue weighted by molar-refractivity contribution is 7.56. The van der Waals surface area contributed by atoms with E-state index in [1.54, 1.807) is 16.7 Å². The van der Waals surface area contributed by atoms with Gasteiger partial charge in [0.1, 0.15) is 0 Å². The van der Waals surface area contributed by atoms with E-state index in [9.17, 15) is 0 Å². The van der Waals surface area contributed by atoms with Crippen LogP contribution in [0.4, 0.5) is 0 Å². The topological polar surface area (TPSA) is 0 Å². The summed E-state index contributed by atoms with van der Waals surface area (Å²) >= 11 is 0. The quantitative estimate of drug-likeness (QED) is 0.582. The molecule has 0 radical (unpaired) electrons. The van der Waals surface area contributed by atoms with Crippen LogP contribution in [0.25, 0.3) is 5.57 Å². The van der Waals surface area contributed by atoms with Crippen LogP contribution in [0.15, 0.2) is 54.1 Å². The fourth-order valence-corrected chi connectivity index (χ4v) is 4.54. The van der Waals surface area contributed by atoms with Crippen LogP contribution in [-0.2, 0) is 6.16 Å². The van der Waals surface area contributed by atoms with Crippen LogP contribution in [0.1, 0.15) is 17.5 Å². The van der Waals surface area contributed by atoms with Gasteiger partial charge >= 0.3 is 0 Å². The summed E-state index contributed by atoms with van der Waals surface area (Å²) in [6, 6.07) is 8.95. The van der Waals surface area contributed by atoms with Crippen molar-refractivity contribution in [3.63, 3.8) is 0 Å². The number of fused-ring (bicyclic) bond motifs is 2.